The average Bonchev–Trinajstić information content (AvgIpc) is 3.26. The molecule has 0 bridgehead atoms. The van der Waals surface area contributed by atoms with Crippen LogP contribution in [0, 0.1) is 6.92 Å². The van der Waals surface area contributed by atoms with Crippen LogP contribution >= 0.6 is 19.4 Å². The molecular weight excluding hydrogens is 381 g/mol. The topological polar surface area (TPSA) is 37.3 Å². The van der Waals surface area contributed by atoms with Crippen LogP contribution in [0.2, 0.25) is 0 Å². The number of aryl methyl sites for hydroxylation is 1. The first-order chi connectivity index (χ1) is 13.8. The Bertz CT molecular complexity index is 991. The van der Waals surface area contributed by atoms with Gasteiger partial charge >= 0.3 is 0 Å². The van der Waals surface area contributed by atoms with Gasteiger partial charge < -0.3 is 5.09 Å². The Balaban J connectivity index is 1.77. The molecule has 0 spiro atoms. The molecule has 3 aromatic carbocycles. The van der Waals surface area contributed by atoms with Crippen LogP contribution in [0.1, 0.15) is 11.1 Å². The number of rotatable bonds is 5. The zero-order valence-electron chi connectivity index (χ0n) is 15.5. The van der Waals surface area contributed by atoms with Crippen LogP contribution < -0.4 is 15.7 Å². The van der Waals surface area contributed by atoms with E-state index in [0.29, 0.717) is 0 Å². The fraction of sp³-hybridized carbons (Fsp3) is 0.0435. The highest BCUT2D eigenvalue weighted by Gasteiger charge is 2.17. The summed E-state index contributed by atoms with van der Waals surface area (Å²) >= 11 is 1.54. The van der Waals surface area contributed by atoms with Crippen molar-refractivity contribution in [1.82, 2.24) is 10.1 Å². The Kier molecular flexibility index (Phi) is 5.91. The molecular formula is C23H20N3PS. The molecule has 0 amide bonds. The van der Waals surface area contributed by atoms with Crippen LogP contribution in [0.15, 0.2) is 101 Å². The van der Waals surface area contributed by atoms with Gasteiger partial charge in [-0.15, -0.1) is 11.3 Å². The molecule has 3 nitrogen and oxygen atoms in total. The Morgan fingerprint density at radius 3 is 2.00 bits per heavy atom. The lowest BCUT2D eigenvalue weighted by atomic mass is 10.1. The highest BCUT2D eigenvalue weighted by molar-refractivity contribution is 7.71. The molecule has 0 radical (unpaired) electrons. The van der Waals surface area contributed by atoms with Crippen molar-refractivity contribution in [2.45, 2.75) is 6.92 Å². The summed E-state index contributed by atoms with van der Waals surface area (Å²) in [5.41, 5.74) is 2.28. The molecule has 0 saturated heterocycles. The summed E-state index contributed by atoms with van der Waals surface area (Å²) in [4.78, 5) is 9.19. The van der Waals surface area contributed by atoms with Gasteiger partial charge in [0.1, 0.15) is 5.84 Å². The molecule has 0 aliphatic heterocycles. The van der Waals surface area contributed by atoms with Crippen molar-refractivity contribution in [2.24, 2.45) is 4.99 Å². The van der Waals surface area contributed by atoms with Crippen molar-refractivity contribution in [3.63, 3.8) is 0 Å². The Morgan fingerprint density at radius 2 is 1.46 bits per heavy atom. The summed E-state index contributed by atoms with van der Waals surface area (Å²) in [5.74, 6) is 0.841. The van der Waals surface area contributed by atoms with Crippen molar-refractivity contribution in [2.75, 3.05) is 0 Å². The Morgan fingerprint density at radius 1 is 0.857 bits per heavy atom. The molecule has 0 unspecified atom stereocenters. The van der Waals surface area contributed by atoms with Gasteiger partial charge in [-0.05, 0) is 6.92 Å². The molecule has 0 fully saturated rings. The molecule has 1 aromatic heterocycles. The van der Waals surface area contributed by atoms with Crippen molar-refractivity contribution < 1.29 is 0 Å². The zero-order chi connectivity index (χ0) is 19.2. The van der Waals surface area contributed by atoms with Crippen LogP contribution in [0.4, 0.5) is 5.13 Å². The van der Waals surface area contributed by atoms with Crippen molar-refractivity contribution in [3.8, 4) is 0 Å². The van der Waals surface area contributed by atoms with E-state index in [1.54, 1.807) is 6.20 Å². The number of benzene rings is 3. The lowest BCUT2D eigenvalue weighted by molar-refractivity contribution is 1.31. The van der Waals surface area contributed by atoms with E-state index >= 15 is 0 Å². The van der Waals surface area contributed by atoms with Crippen LogP contribution in [0.3, 0.4) is 0 Å². The van der Waals surface area contributed by atoms with Crippen molar-refractivity contribution >= 4 is 41.0 Å². The Hall–Kier alpha value is -2.81. The summed E-state index contributed by atoms with van der Waals surface area (Å²) < 4.78 is 0. The number of hydrogen-bond donors (Lipinski definition) is 1. The highest BCUT2D eigenvalue weighted by atomic mass is 32.1. The van der Waals surface area contributed by atoms with Gasteiger partial charge in [-0.3, -0.25) is 0 Å². The summed E-state index contributed by atoms with van der Waals surface area (Å²) in [6.45, 7) is 2.09. The third kappa shape index (κ3) is 4.53. The van der Waals surface area contributed by atoms with E-state index in [0.717, 1.165) is 16.5 Å². The van der Waals surface area contributed by atoms with E-state index in [9.17, 15) is 0 Å². The maximum absolute atomic E-state index is 4.84. The van der Waals surface area contributed by atoms with E-state index in [-0.39, 0.29) is 0 Å². The number of thiazole rings is 1. The number of amidine groups is 1. The molecule has 5 heteroatoms. The lowest BCUT2D eigenvalue weighted by Crippen LogP contribution is -2.29. The molecule has 0 aliphatic carbocycles. The van der Waals surface area contributed by atoms with Crippen molar-refractivity contribution in [3.05, 3.63) is 108 Å². The van der Waals surface area contributed by atoms with E-state index < -0.39 is 8.07 Å². The van der Waals surface area contributed by atoms with Gasteiger partial charge in [0.2, 0.25) is 5.13 Å². The number of aliphatic imine (C=N–C) groups is 1. The van der Waals surface area contributed by atoms with Gasteiger partial charge in [-0.1, -0.05) is 90.5 Å². The first-order valence-electron chi connectivity index (χ1n) is 9.02. The number of hydrogen-bond acceptors (Lipinski definition) is 3. The number of aromatic nitrogens is 1. The summed E-state index contributed by atoms with van der Waals surface area (Å²) in [6, 6.07) is 29.5. The van der Waals surface area contributed by atoms with Crippen LogP contribution in [-0.2, 0) is 0 Å². The standard InChI is InChI=1S/C23H20N3PS/c1-18-12-14-19(15-13-18)22(25-23-24-16-17-28-23)26-27(20-8-4-2-5-9-20)21-10-6-3-7-11-21/h2-17H,1H3,(H,24,25,26). The van der Waals surface area contributed by atoms with Crippen molar-refractivity contribution in [1.29, 1.82) is 0 Å². The SMILES string of the molecule is Cc1ccc(C(=Nc2nccs2)NP(c2ccccc2)c2ccccc2)cc1. The molecule has 138 valence electrons. The number of nitrogens with zero attached hydrogens (tertiary/aromatic N) is 2. The predicted octanol–water partition coefficient (Wildman–Crippen LogP) is 5.17. The van der Waals surface area contributed by atoms with E-state index in [4.69, 9.17) is 4.99 Å². The maximum atomic E-state index is 4.84. The molecule has 0 saturated carbocycles. The number of nitrogens with one attached hydrogen (secondary N) is 1. The smallest absolute Gasteiger partial charge is 0.211 e. The normalized spacial score (nSPS) is 11.6. The predicted molar refractivity (Wildman–Crippen MR) is 122 cm³/mol. The average molecular weight is 401 g/mol. The molecule has 1 heterocycles. The molecule has 4 rings (SSSR count). The lowest BCUT2D eigenvalue weighted by Gasteiger charge is -2.22. The fourth-order valence-corrected chi connectivity index (χ4v) is 5.17. The first-order valence-corrected chi connectivity index (χ1v) is 11.2. The second-order valence-electron chi connectivity index (χ2n) is 6.26. The second kappa shape index (κ2) is 8.92. The quantitative estimate of drug-likeness (QED) is 0.285. The monoisotopic (exact) mass is 401 g/mol. The fourth-order valence-electron chi connectivity index (χ4n) is 2.77. The summed E-state index contributed by atoms with van der Waals surface area (Å²) in [7, 11) is -0.807. The molecule has 1 N–H and O–H groups in total. The van der Waals surface area contributed by atoms with Gasteiger partial charge in [-0.25, -0.2) is 9.98 Å². The highest BCUT2D eigenvalue weighted by Crippen LogP contribution is 2.30. The van der Waals surface area contributed by atoms with E-state index in [1.807, 2.05) is 17.5 Å². The van der Waals surface area contributed by atoms with Crippen LogP contribution in [-0.4, -0.2) is 10.8 Å². The largest absolute Gasteiger partial charge is 0.341 e. The molecule has 4 aromatic rings. The van der Waals surface area contributed by atoms with Crippen LogP contribution in [0.5, 0.6) is 0 Å². The minimum atomic E-state index is -0.807. The third-order valence-electron chi connectivity index (χ3n) is 4.20. The van der Waals surface area contributed by atoms with E-state index in [1.165, 1.54) is 27.5 Å². The summed E-state index contributed by atoms with van der Waals surface area (Å²) in [6.07, 6.45) is 1.79. The summed E-state index contributed by atoms with van der Waals surface area (Å²) in [5, 5.41) is 8.94. The van der Waals surface area contributed by atoms with Gasteiger partial charge in [0.05, 0.1) is 8.07 Å². The van der Waals surface area contributed by atoms with E-state index in [2.05, 4.69) is 89.8 Å². The maximum Gasteiger partial charge on any atom is 0.211 e. The van der Waals surface area contributed by atoms with Crippen LogP contribution in [0.25, 0.3) is 0 Å². The first kappa shape index (κ1) is 18.5. The van der Waals surface area contributed by atoms with Gasteiger partial charge in [-0.2, -0.15) is 0 Å². The zero-order valence-corrected chi connectivity index (χ0v) is 17.2. The Labute approximate surface area is 170 Å². The molecule has 28 heavy (non-hydrogen) atoms. The third-order valence-corrected chi connectivity index (χ3v) is 6.93. The van der Waals surface area contributed by atoms with Gasteiger partial charge in [0, 0.05) is 27.7 Å². The second-order valence-corrected chi connectivity index (χ2v) is 9.06. The molecule has 0 aliphatic rings. The minimum Gasteiger partial charge on any atom is -0.341 e. The molecule has 0 atom stereocenters. The van der Waals surface area contributed by atoms with Gasteiger partial charge in [0.15, 0.2) is 0 Å². The van der Waals surface area contributed by atoms with Gasteiger partial charge in [0.25, 0.3) is 0 Å². The minimum absolute atomic E-state index is 0.749.